The van der Waals surface area contributed by atoms with Gasteiger partial charge in [0.25, 0.3) is 0 Å². The maximum atomic E-state index is 12.8. The van der Waals surface area contributed by atoms with Crippen LogP contribution in [0.25, 0.3) is 0 Å². The molecule has 1 N–H and O–H groups in total. The number of benzene rings is 1. The predicted octanol–water partition coefficient (Wildman–Crippen LogP) is 1.20. The minimum absolute atomic E-state index is 0.146. The van der Waals surface area contributed by atoms with Crippen molar-refractivity contribution in [2.45, 2.75) is 31.8 Å². The van der Waals surface area contributed by atoms with Crippen LogP contribution in [0.2, 0.25) is 0 Å². The van der Waals surface area contributed by atoms with Gasteiger partial charge in [0, 0.05) is 26.2 Å². The molecule has 1 aliphatic rings. The van der Waals surface area contributed by atoms with Crippen molar-refractivity contribution in [3.05, 3.63) is 29.3 Å². The Hall–Kier alpha value is -0.950. The van der Waals surface area contributed by atoms with E-state index in [4.69, 9.17) is 0 Å². The third-order valence-electron chi connectivity index (χ3n) is 3.92. The molecule has 0 atom stereocenters. The van der Waals surface area contributed by atoms with Crippen LogP contribution in [0.3, 0.4) is 0 Å². The first-order valence-corrected chi connectivity index (χ1v) is 8.86. The van der Waals surface area contributed by atoms with Gasteiger partial charge in [-0.15, -0.1) is 0 Å². The summed E-state index contributed by atoms with van der Waals surface area (Å²) in [5, 5.41) is 9.21. The Bertz CT molecular complexity index is 579. The molecular weight excluding hydrogens is 288 g/mol. The van der Waals surface area contributed by atoms with E-state index < -0.39 is 10.0 Å². The van der Waals surface area contributed by atoms with Crippen LogP contribution in [-0.2, 0) is 16.6 Å². The van der Waals surface area contributed by atoms with Crippen molar-refractivity contribution in [2.24, 2.45) is 0 Å². The minimum atomic E-state index is -3.47. The van der Waals surface area contributed by atoms with E-state index in [2.05, 4.69) is 11.8 Å². The van der Waals surface area contributed by atoms with Gasteiger partial charge in [-0.25, -0.2) is 8.42 Å². The average Bonchev–Trinajstić information content (AvgIpc) is 2.48. The number of sulfonamides is 1. The zero-order valence-electron chi connectivity index (χ0n) is 12.7. The molecule has 2 rings (SSSR count). The Kier molecular flexibility index (Phi) is 5.37. The number of aliphatic hydroxyl groups excluding tert-OH is 1. The number of aryl methyl sites for hydroxylation is 1. The van der Waals surface area contributed by atoms with E-state index in [0.717, 1.165) is 31.6 Å². The van der Waals surface area contributed by atoms with E-state index >= 15 is 0 Å². The standard InChI is InChI=1S/C15H24N2O3S/c1-3-6-16-7-9-17(10-8-16)21(19,20)15-11-14(12-18)5-4-13(15)2/h4-5,11,18H,3,6-10,12H2,1-2H3. The zero-order valence-corrected chi connectivity index (χ0v) is 13.6. The molecular formula is C15H24N2O3S. The molecule has 1 aromatic carbocycles. The minimum Gasteiger partial charge on any atom is -0.392 e. The van der Waals surface area contributed by atoms with E-state index in [-0.39, 0.29) is 6.61 Å². The number of hydrogen-bond donors (Lipinski definition) is 1. The molecule has 0 aromatic heterocycles. The molecule has 5 nitrogen and oxygen atoms in total. The highest BCUT2D eigenvalue weighted by Gasteiger charge is 2.29. The molecule has 0 spiro atoms. The maximum absolute atomic E-state index is 12.8. The summed E-state index contributed by atoms with van der Waals surface area (Å²) in [5.74, 6) is 0. The molecule has 0 radical (unpaired) electrons. The summed E-state index contributed by atoms with van der Waals surface area (Å²) in [6.45, 7) is 7.43. The van der Waals surface area contributed by atoms with E-state index in [1.165, 1.54) is 0 Å². The fourth-order valence-corrected chi connectivity index (χ4v) is 4.37. The number of nitrogens with zero attached hydrogens (tertiary/aromatic N) is 2. The van der Waals surface area contributed by atoms with Crippen LogP contribution < -0.4 is 0 Å². The first-order valence-electron chi connectivity index (χ1n) is 7.42. The lowest BCUT2D eigenvalue weighted by atomic mass is 10.2. The summed E-state index contributed by atoms with van der Waals surface area (Å²) in [5.41, 5.74) is 1.35. The van der Waals surface area contributed by atoms with Crippen molar-refractivity contribution in [3.63, 3.8) is 0 Å². The lowest BCUT2D eigenvalue weighted by molar-refractivity contribution is 0.188. The van der Waals surface area contributed by atoms with Gasteiger partial charge in [-0.2, -0.15) is 4.31 Å². The smallest absolute Gasteiger partial charge is 0.243 e. The van der Waals surface area contributed by atoms with Gasteiger partial charge in [-0.1, -0.05) is 19.1 Å². The normalized spacial score (nSPS) is 18.0. The highest BCUT2D eigenvalue weighted by Crippen LogP contribution is 2.22. The maximum Gasteiger partial charge on any atom is 0.243 e. The fourth-order valence-electron chi connectivity index (χ4n) is 2.67. The Balaban J connectivity index is 2.19. The van der Waals surface area contributed by atoms with E-state index in [9.17, 15) is 13.5 Å². The summed E-state index contributed by atoms with van der Waals surface area (Å²) in [6.07, 6.45) is 1.09. The highest BCUT2D eigenvalue weighted by atomic mass is 32.2. The molecule has 118 valence electrons. The molecule has 0 aliphatic carbocycles. The second kappa shape index (κ2) is 6.87. The molecule has 1 fully saturated rings. The topological polar surface area (TPSA) is 60.9 Å². The van der Waals surface area contributed by atoms with Gasteiger partial charge in [0.2, 0.25) is 10.0 Å². The van der Waals surface area contributed by atoms with Gasteiger partial charge >= 0.3 is 0 Å². The molecule has 6 heteroatoms. The third kappa shape index (κ3) is 3.63. The van der Waals surface area contributed by atoms with Crippen LogP contribution in [0.4, 0.5) is 0 Å². The Morgan fingerprint density at radius 1 is 1.19 bits per heavy atom. The van der Waals surface area contributed by atoms with Gasteiger partial charge in [-0.05, 0) is 37.1 Å². The lowest BCUT2D eigenvalue weighted by Crippen LogP contribution is -2.48. The average molecular weight is 312 g/mol. The van der Waals surface area contributed by atoms with E-state index in [1.54, 1.807) is 29.4 Å². The Morgan fingerprint density at radius 2 is 1.86 bits per heavy atom. The van der Waals surface area contributed by atoms with Gasteiger partial charge in [0.15, 0.2) is 0 Å². The van der Waals surface area contributed by atoms with Crippen LogP contribution in [0.5, 0.6) is 0 Å². The van der Waals surface area contributed by atoms with Crippen LogP contribution >= 0.6 is 0 Å². The summed E-state index contributed by atoms with van der Waals surface area (Å²) < 4.78 is 27.1. The van der Waals surface area contributed by atoms with Gasteiger partial charge in [-0.3, -0.25) is 0 Å². The summed E-state index contributed by atoms with van der Waals surface area (Å²) >= 11 is 0. The van der Waals surface area contributed by atoms with Crippen molar-refractivity contribution in [1.82, 2.24) is 9.21 Å². The fraction of sp³-hybridized carbons (Fsp3) is 0.600. The van der Waals surface area contributed by atoms with Gasteiger partial charge < -0.3 is 10.0 Å². The number of rotatable bonds is 5. The molecule has 1 aliphatic heterocycles. The van der Waals surface area contributed by atoms with Crippen LogP contribution in [-0.4, -0.2) is 55.5 Å². The monoisotopic (exact) mass is 312 g/mol. The largest absolute Gasteiger partial charge is 0.392 e. The zero-order chi connectivity index (χ0) is 15.5. The van der Waals surface area contributed by atoms with Gasteiger partial charge in [0.1, 0.15) is 0 Å². The molecule has 21 heavy (non-hydrogen) atoms. The summed E-state index contributed by atoms with van der Waals surface area (Å²) in [4.78, 5) is 2.61. The van der Waals surface area contributed by atoms with Crippen LogP contribution in [0.1, 0.15) is 24.5 Å². The van der Waals surface area contributed by atoms with Crippen molar-refractivity contribution >= 4 is 10.0 Å². The van der Waals surface area contributed by atoms with E-state index in [1.807, 2.05) is 0 Å². The van der Waals surface area contributed by atoms with E-state index in [0.29, 0.717) is 23.5 Å². The van der Waals surface area contributed by atoms with Crippen molar-refractivity contribution in [3.8, 4) is 0 Å². The van der Waals surface area contributed by atoms with Crippen LogP contribution in [0.15, 0.2) is 23.1 Å². The Morgan fingerprint density at radius 3 is 2.43 bits per heavy atom. The summed E-state index contributed by atoms with van der Waals surface area (Å²) in [6, 6.07) is 5.10. The second-order valence-corrected chi connectivity index (χ2v) is 7.41. The SMILES string of the molecule is CCCN1CCN(S(=O)(=O)c2cc(CO)ccc2C)CC1. The van der Waals surface area contributed by atoms with Crippen molar-refractivity contribution < 1.29 is 13.5 Å². The van der Waals surface area contributed by atoms with Gasteiger partial charge in [0.05, 0.1) is 11.5 Å². The Labute approximate surface area is 127 Å². The molecule has 1 aromatic rings. The quantitative estimate of drug-likeness (QED) is 0.887. The van der Waals surface area contributed by atoms with Crippen molar-refractivity contribution in [1.29, 1.82) is 0 Å². The third-order valence-corrected chi connectivity index (χ3v) is 5.96. The summed E-state index contributed by atoms with van der Waals surface area (Å²) in [7, 11) is -3.47. The first-order chi connectivity index (χ1) is 9.98. The number of piperazine rings is 1. The van der Waals surface area contributed by atoms with Crippen molar-refractivity contribution in [2.75, 3.05) is 32.7 Å². The lowest BCUT2D eigenvalue weighted by Gasteiger charge is -2.34. The molecule has 0 unspecified atom stereocenters. The number of aliphatic hydroxyl groups is 1. The molecule has 1 heterocycles. The molecule has 0 bridgehead atoms. The first kappa shape index (κ1) is 16.4. The second-order valence-electron chi connectivity index (χ2n) is 5.50. The molecule has 0 amide bonds. The highest BCUT2D eigenvalue weighted by molar-refractivity contribution is 7.89. The number of hydrogen-bond acceptors (Lipinski definition) is 4. The van der Waals surface area contributed by atoms with Crippen LogP contribution in [0, 0.1) is 6.92 Å². The predicted molar refractivity (Wildman–Crippen MR) is 82.6 cm³/mol. The molecule has 1 saturated heterocycles. The molecule has 0 saturated carbocycles.